The van der Waals surface area contributed by atoms with Gasteiger partial charge in [0.25, 0.3) is 0 Å². The van der Waals surface area contributed by atoms with Crippen molar-refractivity contribution in [1.82, 2.24) is 23.6 Å². The monoisotopic (exact) mass is 463 g/mol. The topological polar surface area (TPSA) is 56.0 Å². The quantitative estimate of drug-likeness (QED) is 0.395. The van der Waals surface area contributed by atoms with Crippen molar-refractivity contribution in [2.45, 2.75) is 55.6 Å². The minimum absolute atomic E-state index is 0.264. The van der Waals surface area contributed by atoms with Crippen LogP contribution in [0.15, 0.2) is 53.6 Å². The zero-order valence-corrected chi connectivity index (χ0v) is 19.3. The van der Waals surface area contributed by atoms with E-state index in [4.69, 9.17) is 0 Å². The number of allylic oxidation sites excluding steroid dienone is 1. The van der Waals surface area contributed by atoms with Crippen LogP contribution in [-0.2, 0) is 18.3 Å². The summed E-state index contributed by atoms with van der Waals surface area (Å²) in [5, 5.41) is 5.59. The van der Waals surface area contributed by atoms with Gasteiger partial charge in [-0.2, -0.15) is 5.10 Å². The van der Waals surface area contributed by atoms with E-state index in [1.807, 2.05) is 28.8 Å². The van der Waals surface area contributed by atoms with Gasteiger partial charge in [0.2, 0.25) is 0 Å². The molecule has 170 valence electrons. The zero-order chi connectivity index (χ0) is 22.6. The number of benzene rings is 1. The Morgan fingerprint density at radius 2 is 2.03 bits per heavy atom. The van der Waals surface area contributed by atoms with Gasteiger partial charge in [-0.25, -0.2) is 18.4 Å². The van der Waals surface area contributed by atoms with E-state index in [0.29, 0.717) is 18.5 Å². The Labute approximate surface area is 196 Å². The second-order valence-electron chi connectivity index (χ2n) is 9.52. The molecule has 0 spiro atoms. The molecule has 2 unspecified atom stereocenters. The third-order valence-electron chi connectivity index (χ3n) is 7.13. The summed E-state index contributed by atoms with van der Waals surface area (Å²) in [5.74, 6) is -0.264. The van der Waals surface area contributed by atoms with E-state index in [9.17, 15) is 9.18 Å². The maximum Gasteiger partial charge on any atom is 0.130 e. The van der Waals surface area contributed by atoms with Gasteiger partial charge in [0.05, 0.1) is 29.3 Å². The molecule has 6 nitrogen and oxygen atoms in total. The molecule has 3 aliphatic rings. The molecular weight excluding hydrogens is 437 g/mol. The predicted octanol–water partition coefficient (Wildman–Crippen LogP) is 4.59. The molecule has 33 heavy (non-hydrogen) atoms. The van der Waals surface area contributed by atoms with Crippen molar-refractivity contribution >= 4 is 24.3 Å². The Balaban J connectivity index is 1.29. The van der Waals surface area contributed by atoms with Crippen LogP contribution in [-0.4, -0.2) is 42.0 Å². The van der Waals surface area contributed by atoms with E-state index in [0.717, 1.165) is 41.2 Å². The average Bonchev–Trinajstić information content (AvgIpc) is 3.47. The van der Waals surface area contributed by atoms with Gasteiger partial charge in [-0.1, -0.05) is 5.57 Å². The van der Waals surface area contributed by atoms with Crippen LogP contribution in [0, 0.1) is 11.2 Å². The number of rotatable bonds is 6. The summed E-state index contributed by atoms with van der Waals surface area (Å²) in [7, 11) is 1.99. The number of aromatic nitrogens is 4. The third kappa shape index (κ3) is 3.75. The van der Waals surface area contributed by atoms with Gasteiger partial charge in [0.1, 0.15) is 17.1 Å². The van der Waals surface area contributed by atoms with Gasteiger partial charge in [0.15, 0.2) is 0 Å². The number of hydrogen-bond acceptors (Lipinski definition) is 5. The molecular formula is C25H26FN5OS. The fraction of sp³-hybridized carbons (Fsp3) is 0.400. The second kappa shape index (κ2) is 7.95. The van der Waals surface area contributed by atoms with Gasteiger partial charge < -0.3 is 9.36 Å². The summed E-state index contributed by atoms with van der Waals surface area (Å²) >= 11 is 1.74. The SMILES string of the molecule is Cn1cnc(SN(C2CC2)C2CCC3=Cc4c(cnn4-c4ccc(F)cc4)CC3(C=O)C2)c1. The largest absolute Gasteiger partial charge is 0.339 e. The standard InChI is InChI=1S/C25H26FN5OS/c1-29-14-24(27-16-29)33-31(21-8-9-21)22-5-2-18-10-23-17(11-25(18,12-22)15-32)13-28-30(23)20-6-3-19(26)4-7-20/h3-4,6-7,10,13-16,21-22H,2,5,8-9,11-12H2,1H3. The van der Waals surface area contributed by atoms with Crippen molar-refractivity contribution in [3.63, 3.8) is 0 Å². The van der Waals surface area contributed by atoms with Gasteiger partial charge in [0, 0.05) is 25.3 Å². The van der Waals surface area contributed by atoms with Crippen molar-refractivity contribution in [3.8, 4) is 5.69 Å². The zero-order valence-electron chi connectivity index (χ0n) is 18.5. The lowest BCUT2D eigenvalue weighted by molar-refractivity contribution is -0.116. The van der Waals surface area contributed by atoms with Crippen molar-refractivity contribution in [3.05, 3.63) is 65.6 Å². The fourth-order valence-electron chi connectivity index (χ4n) is 5.30. The molecule has 3 aliphatic carbocycles. The van der Waals surface area contributed by atoms with E-state index >= 15 is 0 Å². The van der Waals surface area contributed by atoms with Gasteiger partial charge in [-0.3, -0.25) is 0 Å². The number of fused-ring (bicyclic) bond motifs is 2. The van der Waals surface area contributed by atoms with Crippen LogP contribution in [0.1, 0.15) is 43.4 Å². The van der Waals surface area contributed by atoms with Crippen LogP contribution in [0.2, 0.25) is 0 Å². The van der Waals surface area contributed by atoms with Gasteiger partial charge in [-0.15, -0.1) is 0 Å². The van der Waals surface area contributed by atoms with E-state index in [2.05, 4.69) is 26.7 Å². The molecule has 2 saturated carbocycles. The average molecular weight is 464 g/mol. The molecule has 2 fully saturated rings. The van der Waals surface area contributed by atoms with Crippen molar-refractivity contribution in [2.75, 3.05) is 0 Å². The lowest BCUT2D eigenvalue weighted by atomic mass is 9.64. The summed E-state index contributed by atoms with van der Waals surface area (Å²) in [6.45, 7) is 0. The molecule has 0 radical (unpaired) electrons. The Hall–Kier alpha value is -2.71. The van der Waals surface area contributed by atoms with Crippen LogP contribution in [0.5, 0.6) is 0 Å². The normalized spacial score (nSPS) is 24.3. The number of carbonyl (C=O) groups is 1. The summed E-state index contributed by atoms with van der Waals surface area (Å²) in [6.07, 6.45) is 14.9. The highest BCUT2D eigenvalue weighted by atomic mass is 32.2. The number of aryl methyl sites for hydroxylation is 1. The number of imidazole rings is 1. The highest BCUT2D eigenvalue weighted by Gasteiger charge is 2.47. The Bertz CT molecular complexity index is 1230. The molecule has 1 aromatic carbocycles. The molecule has 0 saturated heterocycles. The molecule has 6 rings (SSSR count). The van der Waals surface area contributed by atoms with Gasteiger partial charge in [-0.05, 0) is 86.4 Å². The molecule has 3 aromatic rings. The number of carbonyl (C=O) groups excluding carboxylic acids is 1. The lowest BCUT2D eigenvalue weighted by Gasteiger charge is -2.44. The Morgan fingerprint density at radius 3 is 2.73 bits per heavy atom. The molecule has 0 amide bonds. The van der Waals surface area contributed by atoms with Crippen LogP contribution >= 0.6 is 11.9 Å². The predicted molar refractivity (Wildman–Crippen MR) is 125 cm³/mol. The molecule has 8 heteroatoms. The lowest BCUT2D eigenvalue weighted by Crippen LogP contribution is -2.44. The Kier molecular flexibility index (Phi) is 5.03. The molecule has 0 aliphatic heterocycles. The summed E-state index contributed by atoms with van der Waals surface area (Å²) in [4.78, 5) is 17.1. The van der Waals surface area contributed by atoms with E-state index < -0.39 is 5.41 Å². The van der Waals surface area contributed by atoms with Crippen molar-refractivity contribution in [2.24, 2.45) is 12.5 Å². The second-order valence-corrected chi connectivity index (χ2v) is 10.5. The first-order valence-electron chi connectivity index (χ1n) is 11.5. The van der Waals surface area contributed by atoms with Crippen LogP contribution in [0.25, 0.3) is 11.8 Å². The fourth-order valence-corrected chi connectivity index (χ4v) is 6.52. The number of nitrogens with zero attached hydrogens (tertiary/aromatic N) is 5. The van der Waals surface area contributed by atoms with E-state index in [1.165, 1.54) is 36.8 Å². The minimum Gasteiger partial charge on any atom is -0.339 e. The smallest absolute Gasteiger partial charge is 0.130 e. The molecule has 0 N–H and O–H groups in total. The first-order chi connectivity index (χ1) is 16.0. The summed E-state index contributed by atoms with van der Waals surface area (Å²) < 4.78 is 19.7. The first-order valence-corrected chi connectivity index (χ1v) is 12.3. The maximum atomic E-state index is 13.4. The Morgan fingerprint density at radius 1 is 1.21 bits per heavy atom. The summed E-state index contributed by atoms with van der Waals surface area (Å²) in [6, 6.07) is 7.28. The van der Waals surface area contributed by atoms with Crippen molar-refractivity contribution in [1.29, 1.82) is 0 Å². The molecule has 0 bridgehead atoms. The molecule has 2 aromatic heterocycles. The summed E-state index contributed by atoms with van der Waals surface area (Å²) in [5.41, 5.74) is 3.63. The minimum atomic E-state index is -0.482. The van der Waals surface area contributed by atoms with Crippen LogP contribution in [0.4, 0.5) is 4.39 Å². The van der Waals surface area contributed by atoms with Gasteiger partial charge >= 0.3 is 0 Å². The third-order valence-corrected chi connectivity index (χ3v) is 8.34. The van der Waals surface area contributed by atoms with Crippen LogP contribution in [0.3, 0.4) is 0 Å². The highest BCUT2D eigenvalue weighted by molar-refractivity contribution is 7.97. The number of aldehydes is 1. The maximum absolute atomic E-state index is 13.4. The number of halogens is 1. The van der Waals surface area contributed by atoms with E-state index in [1.54, 1.807) is 24.1 Å². The molecule has 2 heterocycles. The van der Waals surface area contributed by atoms with E-state index in [-0.39, 0.29) is 5.82 Å². The van der Waals surface area contributed by atoms with Crippen molar-refractivity contribution < 1.29 is 9.18 Å². The highest BCUT2D eigenvalue weighted by Crippen LogP contribution is 2.50. The first kappa shape index (κ1) is 20.9. The number of hydrogen-bond donors (Lipinski definition) is 0. The van der Waals surface area contributed by atoms with Crippen LogP contribution < -0.4 is 0 Å². The molecule has 2 atom stereocenters.